The Bertz CT molecular complexity index is 642. The van der Waals surface area contributed by atoms with Gasteiger partial charge in [-0.2, -0.15) is 5.26 Å². The Morgan fingerprint density at radius 3 is 2.95 bits per heavy atom. The van der Waals surface area contributed by atoms with Gasteiger partial charge in [0.15, 0.2) is 0 Å². The molecule has 1 aromatic rings. The van der Waals surface area contributed by atoms with Gasteiger partial charge in [-0.05, 0) is 6.42 Å². The molecule has 0 saturated carbocycles. The molecule has 3 heterocycles. The number of nitrogens with one attached hydrogen (secondary N) is 1. The zero-order valence-electron chi connectivity index (χ0n) is 11.9. The van der Waals surface area contributed by atoms with Gasteiger partial charge < -0.3 is 15.0 Å². The molecule has 0 bridgehead atoms. The van der Waals surface area contributed by atoms with Gasteiger partial charge in [-0.3, -0.25) is 9.59 Å². The number of rotatable bonds is 3. The number of amides is 2. The summed E-state index contributed by atoms with van der Waals surface area (Å²) in [6, 6.07) is 1.51. The van der Waals surface area contributed by atoms with Gasteiger partial charge >= 0.3 is 0 Å². The largest absolute Gasteiger partial charge is 0.470 e. The summed E-state index contributed by atoms with van der Waals surface area (Å²) in [6.45, 7) is 0.991. The quantitative estimate of drug-likeness (QED) is 0.814. The maximum atomic E-state index is 12.3. The van der Waals surface area contributed by atoms with E-state index >= 15 is 0 Å². The fourth-order valence-electron chi connectivity index (χ4n) is 2.69. The summed E-state index contributed by atoms with van der Waals surface area (Å²) >= 11 is 0. The van der Waals surface area contributed by atoms with Crippen molar-refractivity contribution in [2.75, 3.05) is 13.1 Å². The zero-order chi connectivity index (χ0) is 15.5. The smallest absolute Gasteiger partial charge is 0.251 e. The van der Waals surface area contributed by atoms with Crippen LogP contribution in [0.5, 0.6) is 5.88 Å². The minimum atomic E-state index is -0.419. The maximum absolute atomic E-state index is 12.3. The van der Waals surface area contributed by atoms with Crippen LogP contribution in [0.2, 0.25) is 0 Å². The number of nitrogens with zero attached hydrogens (tertiary/aromatic N) is 4. The zero-order valence-corrected chi connectivity index (χ0v) is 11.9. The van der Waals surface area contributed by atoms with Gasteiger partial charge in [0.05, 0.1) is 6.54 Å². The van der Waals surface area contributed by atoms with E-state index in [1.54, 1.807) is 4.90 Å². The summed E-state index contributed by atoms with van der Waals surface area (Å²) in [7, 11) is 0. The van der Waals surface area contributed by atoms with Crippen LogP contribution in [0.25, 0.3) is 0 Å². The van der Waals surface area contributed by atoms with E-state index in [1.807, 2.05) is 6.07 Å². The Morgan fingerprint density at radius 2 is 2.23 bits per heavy atom. The average molecular weight is 301 g/mol. The van der Waals surface area contributed by atoms with Crippen LogP contribution in [-0.2, 0) is 9.59 Å². The number of hydrogen-bond acceptors (Lipinski definition) is 6. The number of aromatic nitrogens is 2. The fourth-order valence-corrected chi connectivity index (χ4v) is 2.69. The van der Waals surface area contributed by atoms with Gasteiger partial charge in [-0.15, -0.1) is 0 Å². The van der Waals surface area contributed by atoms with Crippen molar-refractivity contribution in [3.8, 4) is 11.9 Å². The summed E-state index contributed by atoms with van der Waals surface area (Å²) in [4.78, 5) is 33.1. The van der Waals surface area contributed by atoms with E-state index in [1.165, 1.54) is 12.4 Å². The van der Waals surface area contributed by atoms with Gasteiger partial charge in [0, 0.05) is 31.8 Å². The Labute approximate surface area is 127 Å². The molecule has 0 spiro atoms. The molecule has 0 unspecified atom stereocenters. The fraction of sp³-hybridized carbons (Fsp3) is 0.500. The predicted molar refractivity (Wildman–Crippen MR) is 73.5 cm³/mol. The van der Waals surface area contributed by atoms with Crippen molar-refractivity contribution in [2.45, 2.75) is 31.4 Å². The molecule has 2 aliphatic rings. The van der Waals surface area contributed by atoms with Gasteiger partial charge in [0.25, 0.3) is 5.88 Å². The van der Waals surface area contributed by atoms with Crippen LogP contribution < -0.4 is 10.1 Å². The van der Waals surface area contributed by atoms with Crippen molar-refractivity contribution in [3.63, 3.8) is 0 Å². The Hall–Kier alpha value is -2.69. The highest BCUT2D eigenvalue weighted by atomic mass is 16.5. The van der Waals surface area contributed by atoms with Gasteiger partial charge in [-0.25, -0.2) is 9.97 Å². The monoisotopic (exact) mass is 301 g/mol. The van der Waals surface area contributed by atoms with E-state index in [9.17, 15) is 9.59 Å². The van der Waals surface area contributed by atoms with Crippen molar-refractivity contribution in [3.05, 3.63) is 18.1 Å². The molecule has 2 saturated heterocycles. The molecule has 3 rings (SSSR count). The van der Waals surface area contributed by atoms with Gasteiger partial charge in [0.1, 0.15) is 18.2 Å². The lowest BCUT2D eigenvalue weighted by Gasteiger charge is -2.20. The number of ether oxygens (including phenoxy) is 1. The summed E-state index contributed by atoms with van der Waals surface area (Å²) in [5.74, 6) is 0.0404. The van der Waals surface area contributed by atoms with E-state index in [-0.39, 0.29) is 29.5 Å². The molecule has 2 amide bonds. The normalized spacial score (nSPS) is 24.0. The molecule has 8 heteroatoms. The highest BCUT2D eigenvalue weighted by molar-refractivity contribution is 5.90. The van der Waals surface area contributed by atoms with Crippen molar-refractivity contribution in [1.29, 1.82) is 5.26 Å². The molecule has 2 atom stereocenters. The van der Waals surface area contributed by atoms with Crippen LogP contribution >= 0.6 is 0 Å². The first-order chi connectivity index (χ1) is 10.7. The van der Waals surface area contributed by atoms with Crippen LogP contribution in [0.4, 0.5) is 0 Å². The van der Waals surface area contributed by atoms with Crippen LogP contribution in [0.3, 0.4) is 0 Å². The lowest BCUT2D eigenvalue weighted by molar-refractivity contribution is -0.133. The first kappa shape index (κ1) is 14.3. The summed E-state index contributed by atoms with van der Waals surface area (Å²) in [5, 5.41) is 11.6. The van der Waals surface area contributed by atoms with E-state index in [0.29, 0.717) is 32.4 Å². The van der Waals surface area contributed by atoms with Gasteiger partial charge in [0.2, 0.25) is 17.5 Å². The standard InChI is InChI=1S/C14H15N5O3/c15-7-11-13(17-5-4-16-11)22-9-3-6-19(8-9)14(21)10-1-2-12(20)18-10/h4-5,9-10H,1-3,6,8H2,(H,18,20)/t9-,10+/m0/s1. The number of carbonyl (C=O) groups is 2. The van der Waals surface area contributed by atoms with Crippen LogP contribution in [0, 0.1) is 11.3 Å². The molecule has 2 aliphatic heterocycles. The van der Waals surface area contributed by atoms with Crippen molar-refractivity contribution >= 4 is 11.8 Å². The lowest BCUT2D eigenvalue weighted by atomic mass is 10.2. The van der Waals surface area contributed by atoms with Crippen molar-refractivity contribution < 1.29 is 14.3 Å². The molecule has 22 heavy (non-hydrogen) atoms. The minimum Gasteiger partial charge on any atom is -0.470 e. The van der Waals surface area contributed by atoms with Crippen molar-refractivity contribution in [2.24, 2.45) is 0 Å². The second-order valence-electron chi connectivity index (χ2n) is 5.29. The number of likely N-dealkylation sites (tertiary alicyclic amines) is 1. The summed E-state index contributed by atoms with van der Waals surface area (Å²) in [5.41, 5.74) is 0.135. The third-order valence-electron chi connectivity index (χ3n) is 3.80. The maximum Gasteiger partial charge on any atom is 0.251 e. The predicted octanol–water partition coefficient (Wildman–Crippen LogP) is -0.393. The molecular formula is C14H15N5O3. The third-order valence-corrected chi connectivity index (χ3v) is 3.80. The summed E-state index contributed by atoms with van der Waals surface area (Å²) in [6.07, 6.45) is 4.27. The number of nitriles is 1. The Kier molecular flexibility index (Phi) is 3.87. The molecule has 8 nitrogen and oxygen atoms in total. The minimum absolute atomic E-state index is 0.0726. The highest BCUT2D eigenvalue weighted by Crippen LogP contribution is 2.20. The molecule has 1 aromatic heterocycles. The Morgan fingerprint density at radius 1 is 1.41 bits per heavy atom. The van der Waals surface area contributed by atoms with E-state index in [0.717, 1.165) is 0 Å². The number of hydrogen-bond donors (Lipinski definition) is 1. The SMILES string of the molecule is N#Cc1nccnc1O[C@H]1CCN(C(=O)[C@H]2CCC(=O)N2)C1. The summed E-state index contributed by atoms with van der Waals surface area (Å²) < 4.78 is 5.68. The number of carbonyl (C=O) groups excluding carboxylic acids is 2. The van der Waals surface area contributed by atoms with E-state index in [4.69, 9.17) is 10.00 Å². The molecule has 114 valence electrons. The molecule has 0 radical (unpaired) electrons. The lowest BCUT2D eigenvalue weighted by Crippen LogP contribution is -2.44. The van der Waals surface area contributed by atoms with E-state index < -0.39 is 6.04 Å². The van der Waals surface area contributed by atoms with Crippen LogP contribution in [0.15, 0.2) is 12.4 Å². The van der Waals surface area contributed by atoms with Crippen LogP contribution in [0.1, 0.15) is 25.0 Å². The van der Waals surface area contributed by atoms with E-state index in [2.05, 4.69) is 15.3 Å². The molecular weight excluding hydrogens is 286 g/mol. The third kappa shape index (κ3) is 2.83. The first-order valence-electron chi connectivity index (χ1n) is 7.13. The molecule has 2 fully saturated rings. The Balaban J connectivity index is 1.59. The second-order valence-corrected chi connectivity index (χ2v) is 5.29. The van der Waals surface area contributed by atoms with Gasteiger partial charge in [-0.1, -0.05) is 0 Å². The topological polar surface area (TPSA) is 108 Å². The molecule has 0 aromatic carbocycles. The highest BCUT2D eigenvalue weighted by Gasteiger charge is 2.35. The first-order valence-corrected chi connectivity index (χ1v) is 7.13. The average Bonchev–Trinajstić information content (AvgIpc) is 3.16. The second kappa shape index (κ2) is 5.97. The molecule has 0 aliphatic carbocycles. The molecule has 1 N–H and O–H groups in total. The van der Waals surface area contributed by atoms with Crippen LogP contribution in [-0.4, -0.2) is 51.9 Å². The van der Waals surface area contributed by atoms with Crippen molar-refractivity contribution in [1.82, 2.24) is 20.2 Å².